The Morgan fingerprint density at radius 3 is 2.00 bits per heavy atom. The summed E-state index contributed by atoms with van der Waals surface area (Å²) in [4.78, 5) is 0. The first-order chi connectivity index (χ1) is 11.7. The lowest BCUT2D eigenvalue weighted by Crippen LogP contribution is -2.21. The Labute approximate surface area is 148 Å². The van der Waals surface area contributed by atoms with E-state index in [4.69, 9.17) is 28.4 Å². The molecule has 0 aromatic carbocycles. The molecule has 7 heteroatoms. The highest BCUT2D eigenvalue weighted by Crippen LogP contribution is 2.22. The van der Waals surface area contributed by atoms with Crippen LogP contribution in [-0.2, 0) is 23.7 Å². The molecule has 0 aliphatic heterocycles. The fraction of sp³-hybridized carbons (Fsp3) is 0.765. The van der Waals surface area contributed by atoms with Crippen LogP contribution in [-0.4, -0.2) is 72.7 Å². The van der Waals surface area contributed by atoms with Crippen molar-refractivity contribution in [2.45, 2.75) is 20.0 Å². The van der Waals surface area contributed by atoms with Gasteiger partial charge in [0.25, 0.3) is 0 Å². The Kier molecular flexibility index (Phi) is 13.0. The lowest BCUT2D eigenvalue weighted by atomic mass is 10.3. The average molecular weight is 362 g/mol. The van der Waals surface area contributed by atoms with Gasteiger partial charge in [0.05, 0.1) is 59.0 Å². The third-order valence-corrected chi connectivity index (χ3v) is 3.93. The molecule has 0 aliphatic rings. The number of rotatable bonds is 16. The summed E-state index contributed by atoms with van der Waals surface area (Å²) in [5.41, 5.74) is 1.17. The molecule has 0 fully saturated rings. The third-order valence-electron chi connectivity index (χ3n) is 3.09. The Morgan fingerprint density at radius 2 is 1.46 bits per heavy atom. The van der Waals surface area contributed by atoms with E-state index < -0.39 is 0 Å². The van der Waals surface area contributed by atoms with Crippen LogP contribution in [0, 0.1) is 6.92 Å². The number of hydrogen-bond donors (Lipinski definition) is 0. The van der Waals surface area contributed by atoms with Gasteiger partial charge < -0.3 is 28.4 Å². The van der Waals surface area contributed by atoms with Gasteiger partial charge in [-0.25, -0.2) is 0 Å². The second-order valence-corrected chi connectivity index (χ2v) is 5.98. The van der Waals surface area contributed by atoms with Crippen LogP contribution in [0.5, 0.6) is 5.75 Å². The number of hydrogen-bond acceptors (Lipinski definition) is 7. The molecule has 1 aromatic rings. The molecule has 0 saturated carbocycles. The number of thiophene rings is 1. The SMILES string of the molecule is COCCOCCOCCOCCO[C@@H](C)COc1cscc1C. The summed E-state index contributed by atoms with van der Waals surface area (Å²) in [7, 11) is 1.65. The summed E-state index contributed by atoms with van der Waals surface area (Å²) in [5.74, 6) is 0.940. The van der Waals surface area contributed by atoms with Crippen LogP contribution in [0.3, 0.4) is 0 Å². The van der Waals surface area contributed by atoms with Crippen molar-refractivity contribution in [3.63, 3.8) is 0 Å². The minimum Gasteiger partial charge on any atom is -0.490 e. The maximum absolute atomic E-state index is 5.70. The molecule has 1 heterocycles. The van der Waals surface area contributed by atoms with Gasteiger partial charge in [0, 0.05) is 18.1 Å². The van der Waals surface area contributed by atoms with E-state index in [2.05, 4.69) is 5.38 Å². The molecule has 0 radical (unpaired) electrons. The monoisotopic (exact) mass is 362 g/mol. The van der Waals surface area contributed by atoms with Crippen molar-refractivity contribution in [2.24, 2.45) is 0 Å². The molecular formula is C17H30O6S. The van der Waals surface area contributed by atoms with Crippen molar-refractivity contribution in [1.82, 2.24) is 0 Å². The van der Waals surface area contributed by atoms with E-state index >= 15 is 0 Å². The predicted octanol–water partition coefficient (Wildman–Crippen LogP) is 2.54. The van der Waals surface area contributed by atoms with E-state index in [-0.39, 0.29) is 6.10 Å². The van der Waals surface area contributed by atoms with Crippen LogP contribution in [0.25, 0.3) is 0 Å². The van der Waals surface area contributed by atoms with Crippen molar-refractivity contribution < 1.29 is 28.4 Å². The minimum absolute atomic E-state index is 0.0356. The largest absolute Gasteiger partial charge is 0.490 e. The molecule has 24 heavy (non-hydrogen) atoms. The van der Waals surface area contributed by atoms with Crippen molar-refractivity contribution in [2.75, 3.05) is 66.6 Å². The molecule has 0 bridgehead atoms. The molecule has 6 nitrogen and oxygen atoms in total. The molecule has 1 atom stereocenters. The van der Waals surface area contributed by atoms with Gasteiger partial charge in [0.1, 0.15) is 12.4 Å². The summed E-state index contributed by atoms with van der Waals surface area (Å²) >= 11 is 1.64. The van der Waals surface area contributed by atoms with Crippen molar-refractivity contribution in [1.29, 1.82) is 0 Å². The van der Waals surface area contributed by atoms with Gasteiger partial charge in [-0.1, -0.05) is 0 Å². The molecule has 1 rings (SSSR count). The average Bonchev–Trinajstić information content (AvgIpc) is 2.99. The summed E-state index contributed by atoms with van der Waals surface area (Å²) in [6.07, 6.45) is 0.0356. The Balaban J connectivity index is 1.82. The van der Waals surface area contributed by atoms with Gasteiger partial charge in [0.2, 0.25) is 0 Å². The molecule has 0 aliphatic carbocycles. The van der Waals surface area contributed by atoms with Crippen molar-refractivity contribution in [3.8, 4) is 5.75 Å². The smallest absolute Gasteiger partial charge is 0.133 e. The normalized spacial score (nSPS) is 12.5. The van der Waals surface area contributed by atoms with Crippen LogP contribution >= 0.6 is 11.3 Å². The Bertz CT molecular complexity index is 398. The maximum Gasteiger partial charge on any atom is 0.133 e. The van der Waals surface area contributed by atoms with Gasteiger partial charge >= 0.3 is 0 Å². The first kappa shape index (κ1) is 21.3. The van der Waals surface area contributed by atoms with E-state index in [0.29, 0.717) is 59.5 Å². The Hall–Kier alpha value is -0.700. The van der Waals surface area contributed by atoms with Crippen LogP contribution in [0.4, 0.5) is 0 Å². The lowest BCUT2D eigenvalue weighted by molar-refractivity contribution is -0.0258. The maximum atomic E-state index is 5.70. The molecule has 0 N–H and O–H groups in total. The minimum atomic E-state index is 0.0356. The van der Waals surface area contributed by atoms with E-state index in [1.54, 1.807) is 18.4 Å². The summed E-state index contributed by atoms with van der Waals surface area (Å²) < 4.78 is 32.3. The molecule has 0 amide bonds. The molecule has 0 spiro atoms. The first-order valence-corrected chi connectivity index (χ1v) is 9.17. The summed E-state index contributed by atoms with van der Waals surface area (Å²) in [6, 6.07) is 0. The predicted molar refractivity (Wildman–Crippen MR) is 94.3 cm³/mol. The quantitative estimate of drug-likeness (QED) is 0.421. The fourth-order valence-electron chi connectivity index (χ4n) is 1.74. The van der Waals surface area contributed by atoms with Crippen molar-refractivity contribution >= 4 is 11.3 Å². The Morgan fingerprint density at radius 1 is 0.875 bits per heavy atom. The fourth-order valence-corrected chi connectivity index (χ4v) is 2.51. The van der Waals surface area contributed by atoms with Crippen LogP contribution < -0.4 is 4.74 Å². The molecule has 0 unspecified atom stereocenters. The highest BCUT2D eigenvalue weighted by atomic mass is 32.1. The summed E-state index contributed by atoms with van der Waals surface area (Å²) in [6.45, 7) is 9.15. The second kappa shape index (κ2) is 14.6. The third kappa shape index (κ3) is 11.0. The topological polar surface area (TPSA) is 55.4 Å². The molecule has 140 valence electrons. The van der Waals surface area contributed by atoms with Gasteiger partial charge in [-0.05, 0) is 19.2 Å². The lowest BCUT2D eigenvalue weighted by Gasteiger charge is -2.14. The molecular weight excluding hydrogens is 332 g/mol. The van der Waals surface area contributed by atoms with E-state index in [0.717, 1.165) is 5.75 Å². The highest BCUT2D eigenvalue weighted by Gasteiger charge is 2.05. The number of ether oxygens (including phenoxy) is 6. The van der Waals surface area contributed by atoms with Gasteiger partial charge in [-0.15, -0.1) is 11.3 Å². The van der Waals surface area contributed by atoms with Gasteiger partial charge in [-0.2, -0.15) is 0 Å². The second-order valence-electron chi connectivity index (χ2n) is 5.24. The highest BCUT2D eigenvalue weighted by molar-refractivity contribution is 7.08. The molecule has 1 aromatic heterocycles. The van der Waals surface area contributed by atoms with Gasteiger partial charge in [0.15, 0.2) is 0 Å². The van der Waals surface area contributed by atoms with Gasteiger partial charge in [-0.3, -0.25) is 0 Å². The summed E-state index contributed by atoms with van der Waals surface area (Å²) in [5, 5.41) is 4.08. The van der Waals surface area contributed by atoms with Crippen molar-refractivity contribution in [3.05, 3.63) is 16.3 Å². The number of methoxy groups -OCH3 is 1. The van der Waals surface area contributed by atoms with Crippen LogP contribution in [0.15, 0.2) is 10.8 Å². The van der Waals surface area contributed by atoms with Crippen LogP contribution in [0.2, 0.25) is 0 Å². The standard InChI is InChI=1S/C17H30O6S/c1-15-13-24-14-17(15)23-12-16(2)22-11-10-21-9-8-20-7-6-19-5-4-18-3/h13-14,16H,4-12H2,1-3H3/t16-/m0/s1. The zero-order chi connectivity index (χ0) is 17.5. The zero-order valence-electron chi connectivity index (χ0n) is 15.0. The van der Waals surface area contributed by atoms with E-state index in [1.165, 1.54) is 5.56 Å². The van der Waals surface area contributed by atoms with E-state index in [9.17, 15) is 0 Å². The van der Waals surface area contributed by atoms with E-state index in [1.807, 2.05) is 19.2 Å². The first-order valence-electron chi connectivity index (χ1n) is 8.23. The zero-order valence-corrected chi connectivity index (χ0v) is 15.8. The molecule has 0 saturated heterocycles. The number of aryl methyl sites for hydroxylation is 1. The van der Waals surface area contributed by atoms with Crippen LogP contribution in [0.1, 0.15) is 12.5 Å².